The molecule has 0 aromatic rings. The van der Waals surface area contributed by atoms with E-state index in [2.05, 4.69) is 0 Å². The molecule has 21 heavy (non-hydrogen) atoms. The summed E-state index contributed by atoms with van der Waals surface area (Å²) in [5.74, 6) is -0.410. The summed E-state index contributed by atoms with van der Waals surface area (Å²) in [6.07, 6.45) is 7.90. The Balaban J connectivity index is 1.72. The lowest BCUT2D eigenvalue weighted by Crippen LogP contribution is -2.68. The fourth-order valence-electron chi connectivity index (χ4n) is 4.73. The molecule has 3 fully saturated rings. The highest BCUT2D eigenvalue weighted by Crippen LogP contribution is 2.52. The number of ketones is 1. The molecule has 118 valence electrons. The summed E-state index contributed by atoms with van der Waals surface area (Å²) >= 11 is 0. The van der Waals surface area contributed by atoms with Crippen molar-refractivity contribution in [3.8, 4) is 0 Å². The maximum absolute atomic E-state index is 11.9. The van der Waals surface area contributed by atoms with Crippen LogP contribution in [0.25, 0.3) is 0 Å². The van der Waals surface area contributed by atoms with Gasteiger partial charge in [0.2, 0.25) is 0 Å². The second-order valence-electron chi connectivity index (χ2n) is 7.21. The summed E-state index contributed by atoms with van der Waals surface area (Å²) in [6, 6.07) is 0. The molecular weight excluding hydrogens is 268 g/mol. The van der Waals surface area contributed by atoms with Gasteiger partial charge in [-0.05, 0) is 31.6 Å². The van der Waals surface area contributed by atoms with E-state index in [0.717, 1.165) is 12.8 Å². The van der Waals surface area contributed by atoms with Crippen LogP contribution in [0.3, 0.4) is 0 Å². The van der Waals surface area contributed by atoms with Crippen LogP contribution < -0.4 is 0 Å². The molecule has 1 unspecified atom stereocenters. The van der Waals surface area contributed by atoms with Gasteiger partial charge in [-0.25, -0.2) is 0 Å². The van der Waals surface area contributed by atoms with E-state index in [9.17, 15) is 20.1 Å². The Bertz CT molecular complexity index is 440. The lowest BCUT2D eigenvalue weighted by atomic mass is 9.50. The molecule has 0 aromatic carbocycles. The molecule has 0 amide bonds. The molecule has 0 aliphatic heterocycles. The van der Waals surface area contributed by atoms with E-state index in [-0.39, 0.29) is 23.5 Å². The Kier molecular flexibility index (Phi) is 3.97. The van der Waals surface area contributed by atoms with Gasteiger partial charge in [0.05, 0.1) is 12.2 Å². The van der Waals surface area contributed by atoms with E-state index in [1.165, 1.54) is 12.8 Å². The molecule has 4 heteroatoms. The third kappa shape index (κ3) is 2.37. The quantitative estimate of drug-likeness (QED) is 0.688. The number of rotatable bonds is 3. The Labute approximate surface area is 125 Å². The van der Waals surface area contributed by atoms with Crippen molar-refractivity contribution in [3.63, 3.8) is 0 Å². The molecular formula is C17H26O4. The molecule has 0 spiro atoms. The molecule has 0 heterocycles. The molecule has 3 N–H and O–H groups in total. The second kappa shape index (κ2) is 5.49. The van der Waals surface area contributed by atoms with Crippen LogP contribution in [0.2, 0.25) is 0 Å². The Hall–Kier alpha value is -0.710. The largest absolute Gasteiger partial charge is 0.393 e. The third-order valence-electron chi connectivity index (χ3n) is 6.02. The van der Waals surface area contributed by atoms with Crippen molar-refractivity contribution < 1.29 is 20.1 Å². The maximum atomic E-state index is 11.9. The summed E-state index contributed by atoms with van der Waals surface area (Å²) < 4.78 is 0. The zero-order chi connectivity index (χ0) is 15.2. The first kappa shape index (κ1) is 15.2. The van der Waals surface area contributed by atoms with E-state index >= 15 is 0 Å². The van der Waals surface area contributed by atoms with Crippen molar-refractivity contribution in [2.45, 2.75) is 63.3 Å². The molecule has 4 nitrogen and oxygen atoms in total. The van der Waals surface area contributed by atoms with E-state index < -0.39 is 17.8 Å². The smallest absolute Gasteiger partial charge is 0.167 e. The van der Waals surface area contributed by atoms with Crippen molar-refractivity contribution in [1.82, 2.24) is 0 Å². The zero-order valence-corrected chi connectivity index (χ0v) is 12.6. The first-order valence-electron chi connectivity index (χ1n) is 8.26. The van der Waals surface area contributed by atoms with Crippen LogP contribution >= 0.6 is 0 Å². The zero-order valence-electron chi connectivity index (χ0n) is 12.6. The van der Waals surface area contributed by atoms with Gasteiger partial charge in [0.1, 0.15) is 5.60 Å². The molecule has 0 saturated heterocycles. The monoisotopic (exact) mass is 294 g/mol. The average molecular weight is 294 g/mol. The van der Waals surface area contributed by atoms with Crippen LogP contribution in [0.5, 0.6) is 0 Å². The van der Waals surface area contributed by atoms with Crippen LogP contribution in [-0.4, -0.2) is 38.9 Å². The van der Waals surface area contributed by atoms with Crippen molar-refractivity contribution in [2.24, 2.45) is 23.7 Å². The number of carbonyl (C=O) groups is 1. The van der Waals surface area contributed by atoms with Gasteiger partial charge in [-0.15, -0.1) is 0 Å². The fraction of sp³-hybridized carbons (Fsp3) is 0.824. The number of hydrogen-bond acceptors (Lipinski definition) is 4. The van der Waals surface area contributed by atoms with Crippen molar-refractivity contribution in [2.75, 3.05) is 0 Å². The van der Waals surface area contributed by atoms with Gasteiger partial charge >= 0.3 is 0 Å². The Morgan fingerprint density at radius 3 is 2.62 bits per heavy atom. The van der Waals surface area contributed by atoms with Crippen molar-refractivity contribution in [1.29, 1.82) is 0 Å². The number of carbonyl (C=O) groups excluding carboxylic acids is 1. The Morgan fingerprint density at radius 1 is 1.29 bits per heavy atom. The molecule has 3 saturated carbocycles. The topological polar surface area (TPSA) is 77.8 Å². The van der Waals surface area contributed by atoms with Crippen LogP contribution in [0.4, 0.5) is 0 Å². The minimum Gasteiger partial charge on any atom is -0.393 e. The molecule has 3 aliphatic rings. The van der Waals surface area contributed by atoms with Gasteiger partial charge in [0.15, 0.2) is 5.78 Å². The molecule has 3 rings (SSSR count). The lowest BCUT2D eigenvalue weighted by molar-refractivity contribution is -0.197. The standard InChI is InChI=1S/C17H26O4/c1-10-15-12(6-7-13(18)11-4-2-3-5-11)14(19)8-9-17(15,21)16(10)20/h6-7,10-15,18-19,21H,2-5,8-9H2,1H3/b7-6+/t10?,12-,13+,14+,15+,17+/m0/s1. The van der Waals surface area contributed by atoms with Gasteiger partial charge in [-0.2, -0.15) is 0 Å². The Morgan fingerprint density at radius 2 is 1.95 bits per heavy atom. The fourth-order valence-corrected chi connectivity index (χ4v) is 4.73. The average Bonchev–Trinajstić information content (AvgIpc) is 3.01. The lowest BCUT2D eigenvalue weighted by Gasteiger charge is -2.56. The number of hydrogen-bond donors (Lipinski definition) is 3. The van der Waals surface area contributed by atoms with Crippen LogP contribution in [-0.2, 0) is 4.79 Å². The number of aliphatic hydroxyl groups excluding tert-OH is 2. The SMILES string of the molecule is CC1C(=O)[C@@]2(O)CC[C@@H](O)[C@H](/C=C/[C@@H](O)C3CCCC3)[C@@H]12. The van der Waals surface area contributed by atoms with Crippen LogP contribution in [0.1, 0.15) is 45.4 Å². The van der Waals surface area contributed by atoms with Gasteiger partial charge in [-0.3, -0.25) is 4.79 Å². The first-order valence-corrected chi connectivity index (χ1v) is 8.26. The molecule has 0 aromatic heterocycles. The van der Waals surface area contributed by atoms with Gasteiger partial charge in [0.25, 0.3) is 0 Å². The highest BCUT2D eigenvalue weighted by atomic mass is 16.3. The summed E-state index contributed by atoms with van der Waals surface area (Å²) in [5, 5.41) is 30.9. The molecule has 3 aliphatic carbocycles. The van der Waals surface area contributed by atoms with E-state index in [0.29, 0.717) is 18.8 Å². The minimum atomic E-state index is -1.24. The second-order valence-corrected chi connectivity index (χ2v) is 7.21. The van der Waals surface area contributed by atoms with Gasteiger partial charge in [0, 0.05) is 17.8 Å². The van der Waals surface area contributed by atoms with Gasteiger partial charge < -0.3 is 15.3 Å². The van der Waals surface area contributed by atoms with Crippen molar-refractivity contribution >= 4 is 5.78 Å². The molecule has 0 bridgehead atoms. The normalized spacial score (nSPS) is 45.6. The van der Waals surface area contributed by atoms with E-state index in [1.54, 1.807) is 6.08 Å². The molecule has 0 radical (unpaired) electrons. The molecule has 6 atom stereocenters. The highest BCUT2D eigenvalue weighted by molar-refractivity contribution is 5.96. The highest BCUT2D eigenvalue weighted by Gasteiger charge is 2.63. The van der Waals surface area contributed by atoms with E-state index in [1.807, 2.05) is 13.0 Å². The number of aliphatic hydroxyl groups is 3. The van der Waals surface area contributed by atoms with E-state index in [4.69, 9.17) is 0 Å². The predicted molar refractivity (Wildman–Crippen MR) is 78.4 cm³/mol. The van der Waals surface area contributed by atoms with Gasteiger partial charge in [-0.1, -0.05) is 31.9 Å². The minimum absolute atomic E-state index is 0.0888. The van der Waals surface area contributed by atoms with Crippen LogP contribution in [0, 0.1) is 23.7 Å². The number of Topliss-reactive ketones (excluding diaryl/α,β-unsaturated/α-hetero) is 1. The van der Waals surface area contributed by atoms with Crippen molar-refractivity contribution in [3.05, 3.63) is 12.2 Å². The summed E-state index contributed by atoms with van der Waals surface area (Å²) in [6.45, 7) is 1.83. The summed E-state index contributed by atoms with van der Waals surface area (Å²) in [5.41, 5.74) is -1.24. The summed E-state index contributed by atoms with van der Waals surface area (Å²) in [4.78, 5) is 11.9. The van der Waals surface area contributed by atoms with Crippen LogP contribution in [0.15, 0.2) is 12.2 Å². The number of fused-ring (bicyclic) bond motifs is 1. The predicted octanol–water partition coefficient (Wildman–Crippen LogP) is 1.43. The first-order chi connectivity index (χ1) is 9.95. The maximum Gasteiger partial charge on any atom is 0.167 e. The summed E-state index contributed by atoms with van der Waals surface area (Å²) in [7, 11) is 0. The third-order valence-corrected chi connectivity index (χ3v) is 6.02.